The zero-order chi connectivity index (χ0) is 19.4. The monoisotopic (exact) mass is 510 g/mol. The topological polar surface area (TPSA) is 49.3 Å². The highest BCUT2D eigenvalue weighted by Crippen LogP contribution is 2.17. The molecule has 0 amide bonds. The molecule has 1 unspecified atom stereocenters. The summed E-state index contributed by atoms with van der Waals surface area (Å²) in [5.41, 5.74) is 0. The van der Waals surface area contributed by atoms with Gasteiger partial charge in [-0.25, -0.2) is 0 Å². The first-order chi connectivity index (χ1) is 12.4. The Kier molecular flexibility index (Phi) is 14.5. The molecule has 0 radical (unpaired) electrons. The maximum atomic E-state index is 12.3. The van der Waals surface area contributed by atoms with Gasteiger partial charge >= 0.3 is 6.18 Å². The van der Waals surface area contributed by atoms with E-state index in [-0.39, 0.29) is 24.0 Å². The Balaban J connectivity index is 0.00000676. The standard InChI is InChI=1S/C17H33F3N4O2.HI/c1-4-21-16(22-7-5-8-23(2)14-17(18,19)20)24-9-6-15(12-24)13-26-11-10-25-3;/h15H,4-14H2,1-3H3,(H,21,22);1H. The van der Waals surface area contributed by atoms with Gasteiger partial charge in [-0.1, -0.05) is 0 Å². The molecular weight excluding hydrogens is 476 g/mol. The average molecular weight is 510 g/mol. The van der Waals surface area contributed by atoms with Crippen molar-refractivity contribution in [3.8, 4) is 0 Å². The van der Waals surface area contributed by atoms with Crippen molar-refractivity contribution < 1.29 is 22.6 Å². The summed E-state index contributed by atoms with van der Waals surface area (Å²) in [5, 5.41) is 3.27. The van der Waals surface area contributed by atoms with E-state index in [1.54, 1.807) is 7.11 Å². The van der Waals surface area contributed by atoms with E-state index >= 15 is 0 Å². The number of halogens is 4. The minimum absolute atomic E-state index is 0. The number of methoxy groups -OCH3 is 1. The SMILES string of the molecule is CCNC(=NCCCN(C)CC(F)(F)F)N1CCC(COCCOC)C1.I. The summed E-state index contributed by atoms with van der Waals surface area (Å²) < 4.78 is 47.5. The molecule has 0 aromatic rings. The quantitative estimate of drug-likeness (QED) is 0.200. The number of alkyl halides is 3. The van der Waals surface area contributed by atoms with Gasteiger partial charge in [0, 0.05) is 39.2 Å². The van der Waals surface area contributed by atoms with E-state index < -0.39 is 12.7 Å². The van der Waals surface area contributed by atoms with Gasteiger partial charge in [-0.3, -0.25) is 9.89 Å². The molecule has 1 aliphatic heterocycles. The van der Waals surface area contributed by atoms with Gasteiger partial charge in [0.2, 0.25) is 0 Å². The minimum Gasteiger partial charge on any atom is -0.382 e. The Bertz CT molecular complexity index is 414. The van der Waals surface area contributed by atoms with Gasteiger partial charge in [0.25, 0.3) is 0 Å². The smallest absolute Gasteiger partial charge is 0.382 e. The summed E-state index contributed by atoms with van der Waals surface area (Å²) in [6, 6.07) is 0. The van der Waals surface area contributed by atoms with Crippen LogP contribution in [0.3, 0.4) is 0 Å². The van der Waals surface area contributed by atoms with Crippen molar-refractivity contribution >= 4 is 29.9 Å². The normalized spacial score (nSPS) is 18.1. The first-order valence-electron chi connectivity index (χ1n) is 9.21. The predicted octanol–water partition coefficient (Wildman–Crippen LogP) is 2.44. The van der Waals surface area contributed by atoms with Gasteiger partial charge in [-0.15, -0.1) is 24.0 Å². The molecule has 0 aromatic carbocycles. The van der Waals surface area contributed by atoms with Gasteiger partial charge in [-0.05, 0) is 33.4 Å². The van der Waals surface area contributed by atoms with Crippen LogP contribution >= 0.6 is 24.0 Å². The molecule has 1 N–H and O–H groups in total. The van der Waals surface area contributed by atoms with Crippen molar-refractivity contribution in [3.05, 3.63) is 0 Å². The fraction of sp³-hybridized carbons (Fsp3) is 0.941. The third-order valence-electron chi connectivity index (χ3n) is 4.11. The summed E-state index contributed by atoms with van der Waals surface area (Å²) in [6.07, 6.45) is -2.51. The van der Waals surface area contributed by atoms with E-state index in [4.69, 9.17) is 9.47 Å². The molecule has 1 atom stereocenters. The molecule has 0 spiro atoms. The van der Waals surface area contributed by atoms with E-state index in [1.165, 1.54) is 11.9 Å². The molecule has 0 aromatic heterocycles. The highest BCUT2D eigenvalue weighted by Gasteiger charge is 2.29. The molecule has 1 saturated heterocycles. The fourth-order valence-electron chi connectivity index (χ4n) is 2.89. The second-order valence-electron chi connectivity index (χ2n) is 6.61. The van der Waals surface area contributed by atoms with Crippen molar-refractivity contribution in [2.24, 2.45) is 10.9 Å². The molecule has 0 aliphatic carbocycles. The number of nitrogens with one attached hydrogen (secondary N) is 1. The van der Waals surface area contributed by atoms with E-state index in [1.807, 2.05) is 6.92 Å². The van der Waals surface area contributed by atoms with Crippen LogP contribution in [0.2, 0.25) is 0 Å². The molecule has 27 heavy (non-hydrogen) atoms. The van der Waals surface area contributed by atoms with Crippen LogP contribution in [0.1, 0.15) is 19.8 Å². The number of nitrogens with zero attached hydrogens (tertiary/aromatic N) is 3. The summed E-state index contributed by atoms with van der Waals surface area (Å²) in [4.78, 5) is 8.06. The number of guanidine groups is 1. The Morgan fingerprint density at radius 1 is 1.33 bits per heavy atom. The summed E-state index contributed by atoms with van der Waals surface area (Å²) in [5.74, 6) is 1.30. The molecular formula is C17H34F3IN4O2. The second-order valence-corrected chi connectivity index (χ2v) is 6.61. The Morgan fingerprint density at radius 3 is 2.70 bits per heavy atom. The fourth-order valence-corrected chi connectivity index (χ4v) is 2.89. The number of hydrogen-bond donors (Lipinski definition) is 1. The van der Waals surface area contributed by atoms with Gasteiger partial charge in [-0.2, -0.15) is 13.2 Å². The number of aliphatic imine (C=N–C) groups is 1. The Morgan fingerprint density at radius 2 is 2.07 bits per heavy atom. The summed E-state index contributed by atoms with van der Waals surface area (Å²) >= 11 is 0. The Hall–Kier alpha value is -0.330. The van der Waals surface area contributed by atoms with Crippen molar-refractivity contribution in [2.75, 3.05) is 73.2 Å². The van der Waals surface area contributed by atoms with Crippen LogP contribution in [0.25, 0.3) is 0 Å². The van der Waals surface area contributed by atoms with Crippen LogP contribution < -0.4 is 5.32 Å². The van der Waals surface area contributed by atoms with Gasteiger partial charge < -0.3 is 19.7 Å². The van der Waals surface area contributed by atoms with Crippen molar-refractivity contribution in [1.29, 1.82) is 0 Å². The lowest BCUT2D eigenvalue weighted by atomic mass is 10.1. The van der Waals surface area contributed by atoms with Gasteiger partial charge in [0.1, 0.15) is 0 Å². The number of ether oxygens (including phenoxy) is 2. The largest absolute Gasteiger partial charge is 0.401 e. The molecule has 0 bridgehead atoms. The molecule has 10 heteroatoms. The zero-order valence-corrected chi connectivity index (χ0v) is 18.9. The van der Waals surface area contributed by atoms with Crippen molar-refractivity contribution in [2.45, 2.75) is 25.9 Å². The number of hydrogen-bond acceptors (Lipinski definition) is 4. The molecule has 1 aliphatic rings. The molecule has 6 nitrogen and oxygen atoms in total. The van der Waals surface area contributed by atoms with E-state index in [0.29, 0.717) is 45.2 Å². The zero-order valence-electron chi connectivity index (χ0n) is 16.6. The number of likely N-dealkylation sites (tertiary alicyclic amines) is 1. The third-order valence-corrected chi connectivity index (χ3v) is 4.11. The molecule has 1 fully saturated rings. The van der Waals surface area contributed by atoms with Crippen LogP contribution in [-0.4, -0.2) is 95.2 Å². The first-order valence-corrected chi connectivity index (χ1v) is 9.21. The molecule has 162 valence electrons. The van der Waals surface area contributed by atoms with Crippen LogP contribution in [0, 0.1) is 5.92 Å². The van der Waals surface area contributed by atoms with Crippen LogP contribution in [0.4, 0.5) is 13.2 Å². The van der Waals surface area contributed by atoms with E-state index in [0.717, 1.165) is 32.0 Å². The highest BCUT2D eigenvalue weighted by atomic mass is 127. The van der Waals surface area contributed by atoms with Crippen LogP contribution in [-0.2, 0) is 9.47 Å². The third kappa shape index (κ3) is 12.7. The van der Waals surface area contributed by atoms with Crippen molar-refractivity contribution in [3.63, 3.8) is 0 Å². The predicted molar refractivity (Wildman–Crippen MR) is 112 cm³/mol. The van der Waals surface area contributed by atoms with E-state index in [9.17, 15) is 13.2 Å². The maximum absolute atomic E-state index is 12.3. The van der Waals surface area contributed by atoms with Gasteiger partial charge in [0.15, 0.2) is 5.96 Å². The molecule has 1 heterocycles. The van der Waals surface area contributed by atoms with Crippen molar-refractivity contribution in [1.82, 2.24) is 15.1 Å². The first kappa shape index (κ1) is 26.7. The highest BCUT2D eigenvalue weighted by molar-refractivity contribution is 14.0. The van der Waals surface area contributed by atoms with Crippen LogP contribution in [0.5, 0.6) is 0 Å². The summed E-state index contributed by atoms with van der Waals surface area (Å²) in [7, 11) is 3.14. The van der Waals surface area contributed by atoms with Crippen LogP contribution in [0.15, 0.2) is 4.99 Å². The maximum Gasteiger partial charge on any atom is 0.401 e. The minimum atomic E-state index is -4.15. The lowest BCUT2D eigenvalue weighted by Gasteiger charge is -2.22. The Labute approximate surface area is 177 Å². The second kappa shape index (κ2) is 14.6. The van der Waals surface area contributed by atoms with E-state index in [2.05, 4.69) is 15.2 Å². The summed E-state index contributed by atoms with van der Waals surface area (Å²) in [6.45, 7) is 6.48. The average Bonchev–Trinajstić information content (AvgIpc) is 3.01. The lowest BCUT2D eigenvalue weighted by Crippen LogP contribution is -2.40. The molecule has 0 saturated carbocycles. The lowest BCUT2D eigenvalue weighted by molar-refractivity contribution is -0.143. The number of rotatable bonds is 11. The van der Waals surface area contributed by atoms with Gasteiger partial charge in [0.05, 0.1) is 26.4 Å². The molecule has 1 rings (SSSR count).